The molecule has 0 aromatic heterocycles. The molecular weight excluding hydrogens is 314 g/mol. The van der Waals surface area contributed by atoms with E-state index in [1.165, 1.54) is 17.7 Å². The molecule has 0 spiro atoms. The molecule has 0 aliphatic carbocycles. The van der Waals surface area contributed by atoms with E-state index >= 15 is 0 Å². The van der Waals surface area contributed by atoms with E-state index in [1.807, 2.05) is 31.2 Å². The molecule has 0 aliphatic heterocycles. The first kappa shape index (κ1) is 17.3. The standard InChI is InChI=1S/C18H20F2N2S/c1-11(2)13-4-7-15(8-5-13)22-18(23)21-12(3)14-6-9-16(19)17(20)10-14/h4-12H,1-3H3,(H2,21,22,23)/t12-/m0/s1. The van der Waals surface area contributed by atoms with E-state index in [1.54, 1.807) is 0 Å². The van der Waals surface area contributed by atoms with E-state index in [-0.39, 0.29) is 6.04 Å². The molecule has 0 unspecified atom stereocenters. The van der Waals surface area contributed by atoms with Crippen molar-refractivity contribution >= 4 is 23.0 Å². The quantitative estimate of drug-likeness (QED) is 0.758. The van der Waals surface area contributed by atoms with Crippen molar-refractivity contribution in [3.63, 3.8) is 0 Å². The van der Waals surface area contributed by atoms with Crippen LogP contribution in [0.4, 0.5) is 14.5 Å². The first-order valence-corrected chi connectivity index (χ1v) is 7.90. The van der Waals surface area contributed by atoms with Gasteiger partial charge in [0, 0.05) is 5.69 Å². The Hall–Kier alpha value is -2.01. The second kappa shape index (κ2) is 7.51. The summed E-state index contributed by atoms with van der Waals surface area (Å²) in [4.78, 5) is 0. The fraction of sp³-hybridized carbons (Fsp3) is 0.278. The lowest BCUT2D eigenvalue weighted by Crippen LogP contribution is -2.30. The predicted octanol–water partition coefficient (Wildman–Crippen LogP) is 5.14. The monoisotopic (exact) mass is 334 g/mol. The summed E-state index contributed by atoms with van der Waals surface area (Å²) in [5.41, 5.74) is 2.76. The number of benzene rings is 2. The molecule has 0 heterocycles. The Balaban J connectivity index is 1.97. The Labute approximate surface area is 140 Å². The van der Waals surface area contributed by atoms with Crippen molar-refractivity contribution in [2.45, 2.75) is 32.7 Å². The largest absolute Gasteiger partial charge is 0.356 e. The minimum absolute atomic E-state index is 0.236. The fourth-order valence-electron chi connectivity index (χ4n) is 2.18. The Morgan fingerprint density at radius 2 is 1.52 bits per heavy atom. The molecule has 0 aliphatic rings. The van der Waals surface area contributed by atoms with Crippen LogP contribution in [0.2, 0.25) is 0 Å². The Morgan fingerprint density at radius 1 is 0.913 bits per heavy atom. The van der Waals surface area contributed by atoms with Crippen LogP contribution in [0.5, 0.6) is 0 Å². The fourth-order valence-corrected chi connectivity index (χ4v) is 2.47. The van der Waals surface area contributed by atoms with Gasteiger partial charge in [0.05, 0.1) is 6.04 Å². The van der Waals surface area contributed by atoms with Crippen molar-refractivity contribution in [2.75, 3.05) is 5.32 Å². The van der Waals surface area contributed by atoms with E-state index in [0.717, 1.165) is 11.8 Å². The molecule has 2 rings (SSSR count). The van der Waals surface area contributed by atoms with Gasteiger partial charge in [-0.1, -0.05) is 32.0 Å². The Morgan fingerprint density at radius 3 is 2.09 bits per heavy atom. The molecule has 2 aromatic carbocycles. The summed E-state index contributed by atoms with van der Waals surface area (Å²) in [6, 6.07) is 11.6. The second-order valence-electron chi connectivity index (χ2n) is 5.77. The minimum atomic E-state index is -0.862. The van der Waals surface area contributed by atoms with Crippen LogP contribution in [0.1, 0.15) is 43.9 Å². The van der Waals surface area contributed by atoms with E-state index in [0.29, 0.717) is 16.6 Å². The summed E-state index contributed by atoms with van der Waals surface area (Å²) in [5.74, 6) is -1.24. The number of anilines is 1. The van der Waals surface area contributed by atoms with Gasteiger partial charge in [0.25, 0.3) is 0 Å². The summed E-state index contributed by atoms with van der Waals surface area (Å²) in [6.07, 6.45) is 0. The van der Waals surface area contributed by atoms with E-state index in [4.69, 9.17) is 12.2 Å². The van der Waals surface area contributed by atoms with Crippen molar-refractivity contribution < 1.29 is 8.78 Å². The third kappa shape index (κ3) is 4.73. The lowest BCUT2D eigenvalue weighted by molar-refractivity contribution is 0.505. The third-order valence-corrected chi connectivity index (χ3v) is 3.85. The van der Waals surface area contributed by atoms with Gasteiger partial charge in [-0.2, -0.15) is 0 Å². The zero-order chi connectivity index (χ0) is 17.0. The van der Waals surface area contributed by atoms with Crippen molar-refractivity contribution in [3.05, 3.63) is 65.2 Å². The van der Waals surface area contributed by atoms with Gasteiger partial charge in [0.1, 0.15) is 0 Å². The molecule has 0 radical (unpaired) electrons. The first-order chi connectivity index (χ1) is 10.9. The average molecular weight is 334 g/mol. The maximum atomic E-state index is 13.3. The van der Waals surface area contributed by atoms with Crippen LogP contribution < -0.4 is 10.6 Å². The van der Waals surface area contributed by atoms with Gasteiger partial charge >= 0.3 is 0 Å². The highest BCUT2D eigenvalue weighted by Crippen LogP contribution is 2.18. The molecule has 0 bridgehead atoms. The molecule has 5 heteroatoms. The molecule has 2 N–H and O–H groups in total. The topological polar surface area (TPSA) is 24.1 Å². The molecule has 122 valence electrons. The molecule has 2 nitrogen and oxygen atoms in total. The van der Waals surface area contributed by atoms with Crippen molar-refractivity contribution in [1.29, 1.82) is 0 Å². The third-order valence-electron chi connectivity index (χ3n) is 3.63. The van der Waals surface area contributed by atoms with Crippen LogP contribution in [-0.4, -0.2) is 5.11 Å². The van der Waals surface area contributed by atoms with Crippen LogP contribution in [0, 0.1) is 11.6 Å². The molecule has 0 saturated heterocycles. The molecule has 0 amide bonds. The first-order valence-electron chi connectivity index (χ1n) is 7.49. The van der Waals surface area contributed by atoms with Crippen LogP contribution in [0.25, 0.3) is 0 Å². The summed E-state index contributed by atoms with van der Waals surface area (Å²) < 4.78 is 26.2. The predicted molar refractivity (Wildman–Crippen MR) is 94.7 cm³/mol. The minimum Gasteiger partial charge on any atom is -0.356 e. The summed E-state index contributed by atoms with van der Waals surface area (Å²) in [7, 11) is 0. The molecule has 2 aromatic rings. The van der Waals surface area contributed by atoms with Gasteiger partial charge in [0.15, 0.2) is 16.7 Å². The summed E-state index contributed by atoms with van der Waals surface area (Å²) in [5, 5.41) is 6.58. The lowest BCUT2D eigenvalue weighted by atomic mass is 10.0. The Bertz CT molecular complexity index is 684. The highest BCUT2D eigenvalue weighted by Gasteiger charge is 2.10. The van der Waals surface area contributed by atoms with Crippen molar-refractivity contribution in [1.82, 2.24) is 5.32 Å². The van der Waals surface area contributed by atoms with Gasteiger partial charge in [-0.15, -0.1) is 0 Å². The van der Waals surface area contributed by atoms with Gasteiger partial charge in [-0.05, 0) is 60.5 Å². The Kier molecular flexibility index (Phi) is 5.66. The SMILES string of the molecule is CC(C)c1ccc(NC(=S)N[C@@H](C)c2ccc(F)c(F)c2)cc1. The normalized spacial score (nSPS) is 12.1. The number of halogens is 2. The second-order valence-corrected chi connectivity index (χ2v) is 6.18. The molecule has 1 atom stereocenters. The highest BCUT2D eigenvalue weighted by atomic mass is 32.1. The van der Waals surface area contributed by atoms with Crippen molar-refractivity contribution in [2.24, 2.45) is 0 Å². The number of hydrogen-bond donors (Lipinski definition) is 2. The van der Waals surface area contributed by atoms with Crippen molar-refractivity contribution in [3.8, 4) is 0 Å². The maximum absolute atomic E-state index is 13.3. The van der Waals surface area contributed by atoms with Gasteiger partial charge in [-0.25, -0.2) is 8.78 Å². The van der Waals surface area contributed by atoms with Crippen LogP contribution >= 0.6 is 12.2 Å². The van der Waals surface area contributed by atoms with E-state index < -0.39 is 11.6 Å². The molecule has 0 saturated carbocycles. The molecule has 0 fully saturated rings. The van der Waals surface area contributed by atoms with Crippen LogP contribution in [0.3, 0.4) is 0 Å². The summed E-state index contributed by atoms with van der Waals surface area (Å²) in [6.45, 7) is 6.11. The van der Waals surface area contributed by atoms with Gasteiger partial charge in [-0.3, -0.25) is 0 Å². The van der Waals surface area contributed by atoms with E-state index in [2.05, 4.69) is 24.5 Å². The molecular formula is C18H20F2N2S. The van der Waals surface area contributed by atoms with Crippen LogP contribution in [-0.2, 0) is 0 Å². The zero-order valence-corrected chi connectivity index (χ0v) is 14.2. The number of nitrogens with one attached hydrogen (secondary N) is 2. The smallest absolute Gasteiger partial charge is 0.171 e. The number of hydrogen-bond acceptors (Lipinski definition) is 1. The highest BCUT2D eigenvalue weighted by molar-refractivity contribution is 7.80. The van der Waals surface area contributed by atoms with E-state index in [9.17, 15) is 8.78 Å². The van der Waals surface area contributed by atoms with Gasteiger partial charge < -0.3 is 10.6 Å². The molecule has 23 heavy (non-hydrogen) atoms. The zero-order valence-electron chi connectivity index (χ0n) is 13.4. The summed E-state index contributed by atoms with van der Waals surface area (Å²) >= 11 is 5.27. The maximum Gasteiger partial charge on any atom is 0.171 e. The van der Waals surface area contributed by atoms with Crippen LogP contribution in [0.15, 0.2) is 42.5 Å². The van der Waals surface area contributed by atoms with Gasteiger partial charge in [0.2, 0.25) is 0 Å². The average Bonchev–Trinajstić information content (AvgIpc) is 2.50. The lowest BCUT2D eigenvalue weighted by Gasteiger charge is -2.18. The number of thiocarbonyl (C=S) groups is 1. The number of rotatable bonds is 4.